The van der Waals surface area contributed by atoms with Crippen molar-refractivity contribution in [2.75, 3.05) is 13.2 Å². The zero-order valence-electron chi connectivity index (χ0n) is 12.3. The highest BCUT2D eigenvalue weighted by atomic mass is 19.1. The topological polar surface area (TPSA) is 41.5 Å². The van der Waals surface area contributed by atoms with Gasteiger partial charge < -0.3 is 15.2 Å². The van der Waals surface area contributed by atoms with Crippen LogP contribution in [0.5, 0.6) is 5.75 Å². The molecule has 0 saturated heterocycles. The quantitative estimate of drug-likeness (QED) is 0.842. The maximum atomic E-state index is 13.3. The van der Waals surface area contributed by atoms with E-state index >= 15 is 0 Å². The molecule has 0 aliphatic heterocycles. The van der Waals surface area contributed by atoms with Gasteiger partial charge in [0.15, 0.2) is 0 Å². The van der Waals surface area contributed by atoms with Crippen molar-refractivity contribution in [1.29, 1.82) is 0 Å². The first-order chi connectivity index (χ1) is 9.58. The average molecular weight is 281 g/mol. The van der Waals surface area contributed by atoms with Crippen LogP contribution < -0.4 is 10.1 Å². The highest BCUT2D eigenvalue weighted by molar-refractivity contribution is 5.33. The fourth-order valence-corrected chi connectivity index (χ4v) is 2.81. The van der Waals surface area contributed by atoms with E-state index in [1.54, 1.807) is 6.07 Å². The Morgan fingerprint density at radius 1 is 1.50 bits per heavy atom. The minimum atomic E-state index is -0.277. The second-order valence-corrected chi connectivity index (χ2v) is 5.76. The van der Waals surface area contributed by atoms with Gasteiger partial charge in [0, 0.05) is 18.0 Å². The van der Waals surface area contributed by atoms with Crippen LogP contribution in [0.25, 0.3) is 0 Å². The number of aliphatic hydroxyl groups excluding tert-OH is 1. The fourth-order valence-electron chi connectivity index (χ4n) is 2.81. The largest absolute Gasteiger partial charge is 0.490 e. The molecule has 1 aliphatic rings. The summed E-state index contributed by atoms with van der Waals surface area (Å²) >= 11 is 0. The molecule has 20 heavy (non-hydrogen) atoms. The first kappa shape index (κ1) is 15.3. The number of nitrogens with one attached hydrogen (secondary N) is 1. The van der Waals surface area contributed by atoms with Gasteiger partial charge in [-0.05, 0) is 44.4 Å². The fraction of sp³-hybridized carbons (Fsp3) is 0.625. The molecule has 4 heteroatoms. The Labute approximate surface area is 120 Å². The number of aliphatic hydroxyl groups is 1. The van der Waals surface area contributed by atoms with Crippen molar-refractivity contribution in [3.63, 3.8) is 0 Å². The molecule has 1 saturated carbocycles. The summed E-state index contributed by atoms with van der Waals surface area (Å²) in [4.78, 5) is 0. The van der Waals surface area contributed by atoms with Gasteiger partial charge in [0.25, 0.3) is 0 Å². The van der Waals surface area contributed by atoms with E-state index in [-0.39, 0.29) is 24.1 Å². The maximum absolute atomic E-state index is 13.3. The van der Waals surface area contributed by atoms with Gasteiger partial charge in [0.05, 0.1) is 6.61 Å². The normalized spacial score (nSPS) is 25.9. The number of ether oxygens (including phenoxy) is 1. The minimum Gasteiger partial charge on any atom is -0.490 e. The van der Waals surface area contributed by atoms with E-state index in [4.69, 9.17) is 4.74 Å². The molecule has 0 amide bonds. The lowest BCUT2D eigenvalue weighted by atomic mass is 9.98. The Kier molecular flexibility index (Phi) is 5.00. The van der Waals surface area contributed by atoms with Gasteiger partial charge in [-0.3, -0.25) is 0 Å². The van der Waals surface area contributed by atoms with Crippen molar-refractivity contribution in [3.05, 3.63) is 29.6 Å². The lowest BCUT2D eigenvalue weighted by molar-refractivity contribution is 0.140. The van der Waals surface area contributed by atoms with Crippen LogP contribution in [0.1, 0.15) is 38.2 Å². The van der Waals surface area contributed by atoms with Gasteiger partial charge in [-0.25, -0.2) is 4.39 Å². The number of rotatable bonds is 6. The van der Waals surface area contributed by atoms with Crippen LogP contribution in [0.2, 0.25) is 0 Å². The van der Waals surface area contributed by atoms with Crippen molar-refractivity contribution in [2.24, 2.45) is 0 Å². The van der Waals surface area contributed by atoms with Crippen molar-refractivity contribution >= 4 is 0 Å². The third kappa shape index (κ3) is 3.49. The van der Waals surface area contributed by atoms with Gasteiger partial charge in [-0.1, -0.05) is 13.0 Å². The third-order valence-corrected chi connectivity index (χ3v) is 4.06. The highest BCUT2D eigenvalue weighted by Crippen LogP contribution is 2.33. The smallest absolute Gasteiger partial charge is 0.126 e. The molecule has 2 N–H and O–H groups in total. The van der Waals surface area contributed by atoms with E-state index in [0.717, 1.165) is 37.8 Å². The van der Waals surface area contributed by atoms with E-state index < -0.39 is 0 Å². The second-order valence-electron chi connectivity index (χ2n) is 5.76. The Hall–Kier alpha value is -1.13. The molecule has 0 radical (unpaired) electrons. The van der Waals surface area contributed by atoms with Crippen LogP contribution in [0.15, 0.2) is 18.2 Å². The standard InChI is InChI=1S/C16H24FNO2/c1-3-8-18-16(11-19)7-6-14(10-16)20-15-9-13(17)5-4-12(15)2/h4-5,9,14,18-19H,3,6-8,10-11H2,1-2H3. The summed E-state index contributed by atoms with van der Waals surface area (Å²) in [7, 11) is 0. The summed E-state index contributed by atoms with van der Waals surface area (Å²) in [6.45, 7) is 5.04. The van der Waals surface area contributed by atoms with E-state index in [0.29, 0.717) is 5.75 Å². The summed E-state index contributed by atoms with van der Waals surface area (Å²) < 4.78 is 19.2. The number of hydrogen-bond acceptors (Lipinski definition) is 3. The number of benzene rings is 1. The van der Waals surface area contributed by atoms with Gasteiger partial charge in [-0.2, -0.15) is 0 Å². The van der Waals surface area contributed by atoms with Gasteiger partial charge in [-0.15, -0.1) is 0 Å². The molecule has 0 heterocycles. The van der Waals surface area contributed by atoms with E-state index in [1.807, 2.05) is 6.92 Å². The molecular weight excluding hydrogens is 257 g/mol. The lowest BCUT2D eigenvalue weighted by Crippen LogP contribution is -2.47. The predicted molar refractivity (Wildman–Crippen MR) is 77.5 cm³/mol. The molecule has 1 aliphatic carbocycles. The molecule has 0 spiro atoms. The molecule has 1 fully saturated rings. The SMILES string of the molecule is CCCNC1(CO)CCC(Oc2cc(F)ccc2C)C1. The molecule has 2 unspecified atom stereocenters. The van der Waals surface area contributed by atoms with E-state index in [2.05, 4.69) is 12.2 Å². The first-order valence-corrected chi connectivity index (χ1v) is 7.37. The summed E-state index contributed by atoms with van der Waals surface area (Å²) in [5.74, 6) is 0.334. The maximum Gasteiger partial charge on any atom is 0.126 e. The zero-order chi connectivity index (χ0) is 14.6. The Morgan fingerprint density at radius 2 is 2.30 bits per heavy atom. The van der Waals surface area contributed by atoms with Crippen LogP contribution in [-0.4, -0.2) is 29.9 Å². The number of hydrogen-bond donors (Lipinski definition) is 2. The van der Waals surface area contributed by atoms with Crippen LogP contribution in [0.3, 0.4) is 0 Å². The third-order valence-electron chi connectivity index (χ3n) is 4.06. The van der Waals surface area contributed by atoms with Crippen molar-refractivity contribution in [2.45, 2.75) is 51.2 Å². The molecular formula is C16H24FNO2. The van der Waals surface area contributed by atoms with Crippen LogP contribution in [0.4, 0.5) is 4.39 Å². The summed E-state index contributed by atoms with van der Waals surface area (Å²) in [5, 5.41) is 13.1. The average Bonchev–Trinajstić information content (AvgIpc) is 2.85. The van der Waals surface area contributed by atoms with Crippen molar-refractivity contribution in [1.82, 2.24) is 5.32 Å². The van der Waals surface area contributed by atoms with Crippen LogP contribution in [-0.2, 0) is 0 Å². The monoisotopic (exact) mass is 281 g/mol. The predicted octanol–water partition coefficient (Wildman–Crippen LogP) is 2.80. The molecule has 2 atom stereocenters. The Bertz CT molecular complexity index is 452. The van der Waals surface area contributed by atoms with Crippen LogP contribution >= 0.6 is 0 Å². The van der Waals surface area contributed by atoms with Crippen molar-refractivity contribution < 1.29 is 14.2 Å². The van der Waals surface area contributed by atoms with E-state index in [1.165, 1.54) is 12.1 Å². The lowest BCUT2D eigenvalue weighted by Gasteiger charge is -2.28. The number of halogens is 1. The summed E-state index contributed by atoms with van der Waals surface area (Å²) in [5.41, 5.74) is 0.705. The minimum absolute atomic E-state index is 0.0343. The van der Waals surface area contributed by atoms with Gasteiger partial charge >= 0.3 is 0 Å². The van der Waals surface area contributed by atoms with Gasteiger partial charge in [0.2, 0.25) is 0 Å². The summed E-state index contributed by atoms with van der Waals surface area (Å²) in [6.07, 6.45) is 3.61. The first-order valence-electron chi connectivity index (χ1n) is 7.37. The zero-order valence-corrected chi connectivity index (χ0v) is 12.3. The molecule has 1 aromatic carbocycles. The van der Waals surface area contributed by atoms with Crippen LogP contribution in [0, 0.1) is 12.7 Å². The molecule has 1 aromatic rings. The highest BCUT2D eigenvalue weighted by Gasteiger charge is 2.39. The number of aryl methyl sites for hydroxylation is 1. The Balaban J connectivity index is 2.00. The van der Waals surface area contributed by atoms with Crippen molar-refractivity contribution in [3.8, 4) is 5.75 Å². The van der Waals surface area contributed by atoms with Gasteiger partial charge in [0.1, 0.15) is 17.7 Å². The molecule has 2 rings (SSSR count). The Morgan fingerprint density at radius 3 is 3.00 bits per heavy atom. The van der Waals surface area contributed by atoms with E-state index in [9.17, 15) is 9.50 Å². The molecule has 3 nitrogen and oxygen atoms in total. The molecule has 0 bridgehead atoms. The molecule has 112 valence electrons. The molecule has 0 aromatic heterocycles. The summed E-state index contributed by atoms with van der Waals surface area (Å²) in [6, 6.07) is 4.61. The second kappa shape index (κ2) is 6.55.